The third-order valence-corrected chi connectivity index (χ3v) is 5.72. The summed E-state index contributed by atoms with van der Waals surface area (Å²) in [6.45, 7) is 0. The van der Waals surface area contributed by atoms with E-state index in [0.717, 1.165) is 8.95 Å². The Bertz CT molecular complexity index is 617. The third kappa shape index (κ3) is 3.34. The number of Topliss-reactive ketones (excluding diaryl/α,β-unsaturated/α-hetero) is 1. The molecule has 0 saturated heterocycles. The van der Waals surface area contributed by atoms with Crippen LogP contribution in [0.1, 0.15) is 10.4 Å². The minimum atomic E-state index is -1.05. The van der Waals surface area contributed by atoms with Crippen molar-refractivity contribution in [1.29, 1.82) is 0 Å². The van der Waals surface area contributed by atoms with Gasteiger partial charge in [0.2, 0.25) is 0 Å². The van der Waals surface area contributed by atoms with Gasteiger partial charge in [-0.1, -0.05) is 69.8 Å². The molecule has 0 aliphatic heterocycles. The summed E-state index contributed by atoms with van der Waals surface area (Å²) in [6.07, 6.45) is 3.39. The summed E-state index contributed by atoms with van der Waals surface area (Å²) in [5, 5.41) is 0. The second-order valence-corrected chi connectivity index (χ2v) is 8.11. The molecule has 0 heterocycles. The molecule has 1 aliphatic carbocycles. The first-order chi connectivity index (χ1) is 9.21. The summed E-state index contributed by atoms with van der Waals surface area (Å²) in [7, 11) is 0. The topological polar surface area (TPSA) is 69.1 Å². The number of halogens is 4. The lowest BCUT2D eigenvalue weighted by atomic mass is 9.93. The van der Waals surface area contributed by atoms with Crippen LogP contribution < -0.4 is 11.5 Å². The summed E-state index contributed by atoms with van der Waals surface area (Å²) >= 11 is 13.5. The zero-order chi connectivity index (χ0) is 15.1. The number of hydrogen-bond donors (Lipinski definition) is 2. The molecule has 0 fully saturated rings. The first-order valence-electron chi connectivity index (χ1n) is 5.54. The molecule has 2 rings (SSSR count). The molecule has 1 unspecified atom stereocenters. The number of hydrogen-bond acceptors (Lipinski definition) is 3. The van der Waals surface area contributed by atoms with Gasteiger partial charge in [0.1, 0.15) is 5.66 Å². The molecule has 7 heteroatoms. The van der Waals surface area contributed by atoms with E-state index in [1.54, 1.807) is 24.3 Å². The second kappa shape index (κ2) is 6.14. The number of allylic oxidation sites excluding steroid dienone is 2. The summed E-state index contributed by atoms with van der Waals surface area (Å²) in [4.78, 5) is 12.2. The van der Waals surface area contributed by atoms with E-state index < -0.39 is 5.66 Å². The number of alkyl halides is 1. The number of nitrogens with two attached hydrogens (primary N) is 2. The highest BCUT2D eigenvalue weighted by atomic mass is 79.9. The van der Waals surface area contributed by atoms with E-state index in [1.165, 1.54) is 0 Å². The Morgan fingerprint density at radius 3 is 2.15 bits per heavy atom. The van der Waals surface area contributed by atoms with E-state index in [-0.39, 0.29) is 10.6 Å². The molecule has 0 spiro atoms. The molecule has 4 N–H and O–H groups in total. The van der Waals surface area contributed by atoms with Gasteiger partial charge in [-0.2, -0.15) is 0 Å². The predicted molar refractivity (Wildman–Crippen MR) is 95.1 cm³/mol. The minimum absolute atomic E-state index is 0.0936. The molecule has 0 amide bonds. The van der Waals surface area contributed by atoms with Crippen LogP contribution in [-0.2, 0) is 0 Å². The molecule has 0 radical (unpaired) electrons. The van der Waals surface area contributed by atoms with Gasteiger partial charge < -0.3 is 11.5 Å². The van der Waals surface area contributed by atoms with Crippen LogP contribution in [0.4, 0.5) is 0 Å². The Balaban J connectivity index is 2.40. The van der Waals surface area contributed by atoms with Crippen molar-refractivity contribution in [2.24, 2.45) is 11.5 Å². The molecule has 1 aliphatic rings. The van der Waals surface area contributed by atoms with Crippen molar-refractivity contribution in [3.05, 3.63) is 54.9 Å². The van der Waals surface area contributed by atoms with Crippen LogP contribution in [-0.4, -0.2) is 16.3 Å². The van der Waals surface area contributed by atoms with E-state index in [2.05, 4.69) is 63.7 Å². The van der Waals surface area contributed by atoms with Gasteiger partial charge in [-0.3, -0.25) is 4.79 Å². The highest BCUT2D eigenvalue weighted by Crippen LogP contribution is 2.33. The second-order valence-electron chi connectivity index (χ2n) is 4.44. The highest BCUT2D eigenvalue weighted by Gasteiger charge is 2.35. The number of rotatable bonds is 2. The highest BCUT2D eigenvalue weighted by molar-refractivity contribution is 9.12. The smallest absolute Gasteiger partial charge is 0.192 e. The van der Waals surface area contributed by atoms with Crippen LogP contribution in [0.2, 0.25) is 0 Å². The van der Waals surface area contributed by atoms with Crippen LogP contribution in [0, 0.1) is 0 Å². The largest absolute Gasteiger partial charge is 0.308 e. The first-order valence-corrected chi connectivity index (χ1v) is 8.83. The lowest BCUT2D eigenvalue weighted by Gasteiger charge is -2.31. The molecular formula is C13H10Br4N2O. The molecule has 1 aromatic carbocycles. The monoisotopic (exact) mass is 526 g/mol. The van der Waals surface area contributed by atoms with Gasteiger partial charge in [0.05, 0.1) is 4.83 Å². The van der Waals surface area contributed by atoms with E-state index in [1.807, 2.05) is 6.07 Å². The molecule has 1 aromatic rings. The van der Waals surface area contributed by atoms with Gasteiger partial charge in [-0.05, 0) is 24.3 Å². The van der Waals surface area contributed by atoms with Gasteiger partial charge in [-0.25, -0.2) is 0 Å². The summed E-state index contributed by atoms with van der Waals surface area (Å²) in [6, 6.07) is 5.41. The SMILES string of the molecule is NC1(N)C(Br)=CC(C(=O)c2cc(Br)cc(Br)c2)=CC1Br. The van der Waals surface area contributed by atoms with Crippen LogP contribution in [0.3, 0.4) is 0 Å². The van der Waals surface area contributed by atoms with Crippen molar-refractivity contribution in [3.63, 3.8) is 0 Å². The Hall–Kier alpha value is 0.210. The lowest BCUT2D eigenvalue weighted by molar-refractivity contribution is 0.103. The normalized spacial score (nSPS) is 21.2. The Morgan fingerprint density at radius 1 is 1.10 bits per heavy atom. The zero-order valence-corrected chi connectivity index (χ0v) is 16.4. The predicted octanol–water partition coefficient (Wildman–Crippen LogP) is 3.99. The fourth-order valence-corrected chi connectivity index (χ4v) is 4.36. The Kier molecular flexibility index (Phi) is 5.09. The van der Waals surface area contributed by atoms with Crippen molar-refractivity contribution in [2.45, 2.75) is 10.5 Å². The van der Waals surface area contributed by atoms with Crippen molar-refractivity contribution >= 4 is 69.5 Å². The fraction of sp³-hybridized carbons (Fsp3) is 0.154. The van der Waals surface area contributed by atoms with E-state index >= 15 is 0 Å². The van der Waals surface area contributed by atoms with Crippen LogP contribution in [0.15, 0.2) is 49.4 Å². The molecule has 3 nitrogen and oxygen atoms in total. The first kappa shape index (κ1) is 16.6. The van der Waals surface area contributed by atoms with Crippen molar-refractivity contribution in [1.82, 2.24) is 0 Å². The summed E-state index contributed by atoms with van der Waals surface area (Å²) in [5.74, 6) is -0.0936. The maximum atomic E-state index is 12.5. The fourth-order valence-electron chi connectivity index (χ4n) is 1.73. The van der Waals surface area contributed by atoms with Gasteiger partial charge >= 0.3 is 0 Å². The molecule has 1 atom stereocenters. The Labute approximate surface area is 150 Å². The maximum absolute atomic E-state index is 12.5. The zero-order valence-electron chi connectivity index (χ0n) is 10.0. The quantitative estimate of drug-likeness (QED) is 0.346. The Morgan fingerprint density at radius 2 is 1.65 bits per heavy atom. The average Bonchev–Trinajstić information content (AvgIpc) is 2.34. The van der Waals surface area contributed by atoms with Gasteiger partial charge in [0, 0.05) is 24.6 Å². The molecule has 0 aromatic heterocycles. The van der Waals surface area contributed by atoms with E-state index in [9.17, 15) is 4.79 Å². The number of benzene rings is 1. The lowest BCUT2D eigenvalue weighted by Crippen LogP contribution is -2.57. The molecule has 0 bridgehead atoms. The number of ketones is 1. The third-order valence-electron chi connectivity index (χ3n) is 2.87. The van der Waals surface area contributed by atoms with E-state index in [0.29, 0.717) is 15.6 Å². The molecule has 0 saturated carbocycles. The van der Waals surface area contributed by atoms with Gasteiger partial charge in [0.15, 0.2) is 5.78 Å². The standard InChI is InChI=1S/C13H10Br4N2O/c14-8-1-6(2-9(15)5-8)12(20)7-3-10(16)13(18,19)11(17)4-7/h1-5,10H,18-19H2. The van der Waals surface area contributed by atoms with Crippen LogP contribution >= 0.6 is 63.7 Å². The van der Waals surface area contributed by atoms with Crippen LogP contribution in [0.5, 0.6) is 0 Å². The van der Waals surface area contributed by atoms with Gasteiger partial charge in [0.25, 0.3) is 0 Å². The number of carbonyl (C=O) groups excluding carboxylic acids is 1. The molecule has 20 heavy (non-hydrogen) atoms. The maximum Gasteiger partial charge on any atom is 0.192 e. The van der Waals surface area contributed by atoms with Crippen molar-refractivity contribution < 1.29 is 4.79 Å². The summed E-state index contributed by atoms with van der Waals surface area (Å²) in [5.41, 5.74) is 12.0. The minimum Gasteiger partial charge on any atom is -0.308 e. The summed E-state index contributed by atoms with van der Waals surface area (Å²) < 4.78 is 2.24. The molecule has 106 valence electrons. The number of carbonyl (C=O) groups is 1. The van der Waals surface area contributed by atoms with Crippen molar-refractivity contribution in [3.8, 4) is 0 Å². The molecular weight excluding hydrogens is 520 g/mol. The van der Waals surface area contributed by atoms with Gasteiger partial charge in [-0.15, -0.1) is 0 Å². The van der Waals surface area contributed by atoms with Crippen LogP contribution in [0.25, 0.3) is 0 Å². The average molecular weight is 530 g/mol. The van der Waals surface area contributed by atoms with Crippen molar-refractivity contribution in [2.75, 3.05) is 0 Å². The van der Waals surface area contributed by atoms with E-state index in [4.69, 9.17) is 11.5 Å².